The first-order chi connectivity index (χ1) is 24.4. The summed E-state index contributed by atoms with van der Waals surface area (Å²) in [5.41, 5.74) is 1.73. The fraction of sp³-hybridized carbons (Fsp3) is 0.325. The molecule has 2 aromatic heterocycles. The number of amides is 4. The molecule has 5 aromatic rings. The number of phenols is 1. The van der Waals surface area contributed by atoms with Crippen LogP contribution in [-0.4, -0.2) is 50.0 Å². The average molecular weight is 719 g/mol. The summed E-state index contributed by atoms with van der Waals surface area (Å²) in [5.74, 6) is -3.86. The lowest BCUT2D eigenvalue weighted by molar-refractivity contribution is -0.140. The fourth-order valence-electron chi connectivity index (χ4n) is 9.67. The lowest BCUT2D eigenvalue weighted by Gasteiger charge is -2.49. The maximum atomic E-state index is 15.1. The highest BCUT2D eigenvalue weighted by Crippen LogP contribution is 2.64. The molecule has 9 rings (SSSR count). The van der Waals surface area contributed by atoms with Crippen LogP contribution in [0.5, 0.6) is 5.75 Å². The number of carbonyl (C=O) groups excluding carboxylic acids is 4. The molecule has 2 aliphatic carbocycles. The minimum atomic E-state index is -1.29. The number of aromatic hydroxyl groups is 1. The second-order valence-corrected chi connectivity index (χ2v) is 16.0. The average Bonchev–Trinajstić information content (AvgIpc) is 3.79. The monoisotopic (exact) mass is 718 g/mol. The molecule has 1 N–H and O–H groups in total. The summed E-state index contributed by atoms with van der Waals surface area (Å²) >= 11 is 7.89. The highest BCUT2D eigenvalue weighted by molar-refractivity contribution is 7.22. The summed E-state index contributed by atoms with van der Waals surface area (Å²) in [7, 11) is 1.73. The number of allylic oxidation sites excluding steroid dienone is 2. The third kappa shape index (κ3) is 4.23. The van der Waals surface area contributed by atoms with Gasteiger partial charge < -0.3 is 5.11 Å². The quantitative estimate of drug-likeness (QED) is 0.153. The van der Waals surface area contributed by atoms with Crippen LogP contribution in [0, 0.1) is 36.0 Å². The van der Waals surface area contributed by atoms with E-state index in [4.69, 9.17) is 16.7 Å². The normalized spacial score (nSPS) is 27.4. The SMILES string of the molecule is CCN1C(=O)C2CC=C3C(CC4C(=O)N(c5cc(-c6sc7ccc(Cl)cc7c6C)nn5C)C(=O)C4(C)C3c3ccc4ccccc4c3O)C2C1=O. The molecular weight excluding hydrogens is 684 g/mol. The first-order valence-electron chi connectivity index (χ1n) is 17.3. The summed E-state index contributed by atoms with van der Waals surface area (Å²) in [6.45, 7) is 5.92. The van der Waals surface area contributed by atoms with Gasteiger partial charge in [0.2, 0.25) is 23.6 Å². The van der Waals surface area contributed by atoms with Crippen molar-refractivity contribution in [1.29, 1.82) is 0 Å². The van der Waals surface area contributed by atoms with E-state index in [-0.39, 0.29) is 42.3 Å². The van der Waals surface area contributed by atoms with Crippen LogP contribution in [0.2, 0.25) is 5.02 Å². The van der Waals surface area contributed by atoms with Crippen molar-refractivity contribution in [3.8, 4) is 16.3 Å². The van der Waals surface area contributed by atoms with Gasteiger partial charge in [0, 0.05) is 46.2 Å². The largest absolute Gasteiger partial charge is 0.507 e. The number of imide groups is 2. The lowest BCUT2D eigenvalue weighted by atomic mass is 9.51. The Morgan fingerprint density at radius 2 is 1.76 bits per heavy atom. The molecule has 4 heterocycles. The molecule has 0 bridgehead atoms. The van der Waals surface area contributed by atoms with Crippen LogP contribution in [0.3, 0.4) is 0 Å². The van der Waals surface area contributed by atoms with Gasteiger partial charge in [0.1, 0.15) is 17.3 Å². The number of halogens is 1. The molecular formula is C40H35ClN4O5S. The van der Waals surface area contributed by atoms with Crippen molar-refractivity contribution < 1.29 is 24.3 Å². The molecule has 1 saturated carbocycles. The van der Waals surface area contributed by atoms with Crippen molar-refractivity contribution >= 4 is 73.2 Å². The zero-order valence-corrected chi connectivity index (χ0v) is 30.1. The summed E-state index contributed by atoms with van der Waals surface area (Å²) in [6, 6.07) is 18.8. The predicted octanol–water partition coefficient (Wildman–Crippen LogP) is 7.37. The molecule has 0 spiro atoms. The van der Waals surface area contributed by atoms with E-state index in [1.54, 1.807) is 36.1 Å². The van der Waals surface area contributed by atoms with Crippen molar-refractivity contribution in [2.75, 3.05) is 11.4 Å². The Kier molecular flexibility index (Phi) is 6.99. The van der Waals surface area contributed by atoms with Crippen LogP contribution < -0.4 is 4.90 Å². The molecule has 6 atom stereocenters. The Morgan fingerprint density at radius 3 is 2.55 bits per heavy atom. The number of phenolic OH excluding ortho intramolecular Hbond substituents is 1. The molecule has 2 aliphatic heterocycles. The number of nitrogens with zero attached hydrogens (tertiary/aromatic N) is 4. The smallest absolute Gasteiger partial charge is 0.242 e. The van der Waals surface area contributed by atoms with Gasteiger partial charge >= 0.3 is 0 Å². The van der Waals surface area contributed by atoms with Crippen LogP contribution in [0.15, 0.2) is 72.3 Å². The number of hydrogen-bond donors (Lipinski definition) is 1. The Hall–Kier alpha value is -4.80. The Bertz CT molecular complexity index is 2430. The van der Waals surface area contributed by atoms with Gasteiger partial charge in [-0.1, -0.05) is 59.6 Å². The molecule has 4 amide bonds. The first-order valence-corrected chi connectivity index (χ1v) is 18.5. The number of hydrogen-bond acceptors (Lipinski definition) is 7. The Balaban J connectivity index is 1.20. The zero-order chi connectivity index (χ0) is 35.7. The molecule has 6 unspecified atom stereocenters. The first kappa shape index (κ1) is 32.1. The van der Waals surface area contributed by atoms with Gasteiger partial charge in [0.25, 0.3) is 0 Å². The maximum Gasteiger partial charge on any atom is 0.242 e. The third-order valence-electron chi connectivity index (χ3n) is 12.1. The van der Waals surface area contributed by atoms with Crippen molar-refractivity contribution in [3.05, 3.63) is 88.5 Å². The van der Waals surface area contributed by atoms with E-state index < -0.39 is 35.0 Å². The predicted molar refractivity (Wildman–Crippen MR) is 196 cm³/mol. The molecule has 51 heavy (non-hydrogen) atoms. The summed E-state index contributed by atoms with van der Waals surface area (Å²) in [6.07, 6.45) is 2.61. The van der Waals surface area contributed by atoms with Crippen molar-refractivity contribution in [1.82, 2.24) is 14.7 Å². The number of aromatic nitrogens is 2. The molecule has 258 valence electrons. The summed E-state index contributed by atoms with van der Waals surface area (Å²) in [4.78, 5) is 60.7. The standard InChI is InChI=1S/C40H35ClN4O5S/c1-5-44-36(47)24-14-13-23-27(32(24)38(44)49)17-28-37(48)45(31-18-29(42-43(31)4)35-19(2)26-16-21(41)11-15-30(26)51-35)39(50)40(28,3)33(23)25-12-10-20-8-6-7-9-22(20)34(25)46/h6-13,15-16,18,24,27-28,32-33,46H,5,14,17H2,1-4H3. The zero-order valence-electron chi connectivity index (χ0n) is 28.5. The second kappa shape index (κ2) is 11.1. The maximum absolute atomic E-state index is 15.1. The number of benzene rings is 3. The topological polar surface area (TPSA) is 113 Å². The molecule has 11 heteroatoms. The minimum Gasteiger partial charge on any atom is -0.507 e. The molecule has 3 aromatic carbocycles. The van der Waals surface area contributed by atoms with E-state index in [0.29, 0.717) is 33.9 Å². The van der Waals surface area contributed by atoms with Crippen molar-refractivity contribution in [2.45, 2.75) is 39.5 Å². The minimum absolute atomic E-state index is 0.0487. The number of thiophene rings is 1. The van der Waals surface area contributed by atoms with E-state index in [0.717, 1.165) is 31.5 Å². The van der Waals surface area contributed by atoms with Crippen LogP contribution >= 0.6 is 22.9 Å². The second-order valence-electron chi connectivity index (χ2n) is 14.5. The van der Waals surface area contributed by atoms with Crippen molar-refractivity contribution in [3.63, 3.8) is 0 Å². The number of fused-ring (bicyclic) bond motifs is 6. The molecule has 3 fully saturated rings. The van der Waals surface area contributed by atoms with E-state index in [9.17, 15) is 19.5 Å². The van der Waals surface area contributed by atoms with Gasteiger partial charge in [-0.15, -0.1) is 11.3 Å². The highest BCUT2D eigenvalue weighted by atomic mass is 35.5. The van der Waals surface area contributed by atoms with Gasteiger partial charge in [0.15, 0.2) is 0 Å². The molecule has 4 aliphatic rings. The van der Waals surface area contributed by atoms with Crippen LogP contribution in [-0.2, 0) is 26.2 Å². The summed E-state index contributed by atoms with van der Waals surface area (Å²) in [5, 5.41) is 19.9. The van der Waals surface area contributed by atoms with E-state index in [1.165, 1.54) is 9.80 Å². The van der Waals surface area contributed by atoms with Gasteiger partial charge in [-0.25, -0.2) is 4.90 Å². The highest BCUT2D eigenvalue weighted by Gasteiger charge is 2.68. The van der Waals surface area contributed by atoms with Crippen LogP contribution in [0.1, 0.15) is 43.7 Å². The van der Waals surface area contributed by atoms with Crippen LogP contribution in [0.4, 0.5) is 5.82 Å². The third-order valence-corrected chi connectivity index (χ3v) is 13.7. The number of aryl methyl sites for hydroxylation is 2. The summed E-state index contributed by atoms with van der Waals surface area (Å²) < 4.78 is 2.63. The van der Waals surface area contributed by atoms with E-state index >= 15 is 4.79 Å². The molecule has 2 saturated heterocycles. The number of anilines is 1. The molecule has 9 nitrogen and oxygen atoms in total. The van der Waals surface area contributed by atoms with Gasteiger partial charge in [-0.2, -0.15) is 5.10 Å². The Labute approximate surface area is 303 Å². The molecule has 0 radical (unpaired) electrons. The van der Waals surface area contributed by atoms with Gasteiger partial charge in [-0.05, 0) is 74.1 Å². The van der Waals surface area contributed by atoms with Crippen molar-refractivity contribution in [2.24, 2.45) is 36.1 Å². The lowest BCUT2D eigenvalue weighted by Crippen LogP contribution is -2.49. The number of rotatable bonds is 4. The fourth-order valence-corrected chi connectivity index (χ4v) is 11.0. The number of likely N-dealkylation sites (tertiary alicyclic amines) is 1. The van der Waals surface area contributed by atoms with E-state index in [2.05, 4.69) is 0 Å². The number of carbonyl (C=O) groups is 4. The Morgan fingerprint density at radius 1 is 0.980 bits per heavy atom. The van der Waals surface area contributed by atoms with E-state index in [1.807, 2.05) is 74.5 Å². The van der Waals surface area contributed by atoms with Crippen LogP contribution in [0.25, 0.3) is 31.4 Å². The van der Waals surface area contributed by atoms with Gasteiger partial charge in [-0.3, -0.25) is 28.8 Å². The van der Waals surface area contributed by atoms with Gasteiger partial charge in [0.05, 0.1) is 28.0 Å².